The summed E-state index contributed by atoms with van der Waals surface area (Å²) in [5.74, 6) is 0.614. The minimum Gasteiger partial charge on any atom is -0.385 e. The Hall–Kier alpha value is -0.440. The predicted molar refractivity (Wildman–Crippen MR) is 72.7 cm³/mol. The number of anilines is 1. The highest BCUT2D eigenvalue weighted by Gasteiger charge is 2.05. The van der Waals surface area contributed by atoms with Crippen molar-refractivity contribution in [1.29, 1.82) is 0 Å². The average molecular weight is 261 g/mol. The van der Waals surface area contributed by atoms with Crippen molar-refractivity contribution < 1.29 is 0 Å². The van der Waals surface area contributed by atoms with Crippen LogP contribution in [0.15, 0.2) is 18.2 Å². The molecule has 0 aliphatic carbocycles. The van der Waals surface area contributed by atoms with Crippen LogP contribution in [0, 0.1) is 5.92 Å². The molecule has 0 aliphatic heterocycles. The SMILES string of the molecule is CCC(CNC)CNc1cc(Cl)cc(Cl)c1. The number of halogens is 2. The molecule has 0 aliphatic rings. The first-order chi connectivity index (χ1) is 7.65. The average Bonchev–Trinajstić information content (AvgIpc) is 2.23. The van der Waals surface area contributed by atoms with E-state index in [-0.39, 0.29) is 0 Å². The second kappa shape index (κ2) is 7.00. The fraction of sp³-hybridized carbons (Fsp3) is 0.500. The normalized spacial score (nSPS) is 12.5. The van der Waals surface area contributed by atoms with Gasteiger partial charge in [-0.05, 0) is 37.7 Å². The van der Waals surface area contributed by atoms with E-state index in [1.807, 2.05) is 19.2 Å². The van der Waals surface area contributed by atoms with E-state index in [9.17, 15) is 0 Å². The van der Waals surface area contributed by atoms with E-state index < -0.39 is 0 Å². The molecule has 0 aromatic heterocycles. The molecule has 0 spiro atoms. The van der Waals surface area contributed by atoms with Gasteiger partial charge in [0.1, 0.15) is 0 Å². The lowest BCUT2D eigenvalue weighted by atomic mass is 10.1. The molecular weight excluding hydrogens is 243 g/mol. The van der Waals surface area contributed by atoms with Crippen molar-refractivity contribution in [2.24, 2.45) is 5.92 Å². The lowest BCUT2D eigenvalue weighted by Crippen LogP contribution is -2.24. The van der Waals surface area contributed by atoms with Crippen molar-refractivity contribution in [3.63, 3.8) is 0 Å². The highest BCUT2D eigenvalue weighted by molar-refractivity contribution is 6.35. The lowest BCUT2D eigenvalue weighted by Gasteiger charge is -2.16. The zero-order valence-corrected chi connectivity index (χ0v) is 11.2. The molecule has 2 nitrogen and oxygen atoms in total. The van der Waals surface area contributed by atoms with Gasteiger partial charge in [-0.2, -0.15) is 0 Å². The summed E-state index contributed by atoms with van der Waals surface area (Å²) in [5.41, 5.74) is 0.979. The Morgan fingerprint density at radius 2 is 1.75 bits per heavy atom. The molecule has 0 radical (unpaired) electrons. The summed E-state index contributed by atoms with van der Waals surface area (Å²) in [6.45, 7) is 4.13. The summed E-state index contributed by atoms with van der Waals surface area (Å²) in [5, 5.41) is 7.87. The van der Waals surface area contributed by atoms with Gasteiger partial charge in [-0.3, -0.25) is 0 Å². The van der Waals surface area contributed by atoms with Gasteiger partial charge in [-0.1, -0.05) is 36.5 Å². The lowest BCUT2D eigenvalue weighted by molar-refractivity contribution is 0.507. The molecule has 0 bridgehead atoms. The quantitative estimate of drug-likeness (QED) is 0.816. The number of nitrogens with one attached hydrogen (secondary N) is 2. The molecule has 1 aromatic rings. The smallest absolute Gasteiger partial charge is 0.0441 e. The summed E-state index contributed by atoms with van der Waals surface area (Å²) in [6.07, 6.45) is 1.14. The van der Waals surface area contributed by atoms with Crippen molar-refractivity contribution in [2.45, 2.75) is 13.3 Å². The third-order valence-electron chi connectivity index (χ3n) is 2.53. The minimum absolute atomic E-state index is 0.614. The topological polar surface area (TPSA) is 24.1 Å². The first-order valence-corrected chi connectivity index (χ1v) is 6.25. The zero-order chi connectivity index (χ0) is 12.0. The van der Waals surface area contributed by atoms with Gasteiger partial charge in [-0.25, -0.2) is 0 Å². The third-order valence-corrected chi connectivity index (χ3v) is 2.96. The van der Waals surface area contributed by atoms with Gasteiger partial charge in [0.15, 0.2) is 0 Å². The fourth-order valence-corrected chi connectivity index (χ4v) is 2.09. The van der Waals surface area contributed by atoms with Crippen LogP contribution in [0.3, 0.4) is 0 Å². The van der Waals surface area contributed by atoms with Gasteiger partial charge in [-0.15, -0.1) is 0 Å². The number of hydrogen-bond acceptors (Lipinski definition) is 2. The van der Waals surface area contributed by atoms with Gasteiger partial charge in [0.2, 0.25) is 0 Å². The van der Waals surface area contributed by atoms with Crippen molar-refractivity contribution in [3.05, 3.63) is 28.2 Å². The molecule has 4 heteroatoms. The van der Waals surface area contributed by atoms with E-state index in [1.165, 1.54) is 0 Å². The van der Waals surface area contributed by atoms with Crippen LogP contribution in [0.4, 0.5) is 5.69 Å². The second-order valence-electron chi connectivity index (χ2n) is 3.87. The standard InChI is InChI=1S/C12H18Cl2N2/c1-3-9(7-15-2)8-16-12-5-10(13)4-11(14)6-12/h4-6,9,15-16H,3,7-8H2,1-2H3. The van der Waals surface area contributed by atoms with Crippen molar-refractivity contribution >= 4 is 28.9 Å². The molecule has 2 N–H and O–H groups in total. The van der Waals surface area contributed by atoms with Crippen LogP contribution in [0.1, 0.15) is 13.3 Å². The molecule has 90 valence electrons. The Labute approximate surface area is 107 Å². The van der Waals surface area contributed by atoms with Crippen LogP contribution in [0.2, 0.25) is 10.0 Å². The van der Waals surface area contributed by atoms with Crippen molar-refractivity contribution in [3.8, 4) is 0 Å². The molecule has 1 rings (SSSR count). The van der Waals surface area contributed by atoms with Crippen LogP contribution < -0.4 is 10.6 Å². The maximum absolute atomic E-state index is 5.92. The Morgan fingerprint density at radius 1 is 1.12 bits per heavy atom. The summed E-state index contributed by atoms with van der Waals surface area (Å²) in [4.78, 5) is 0. The van der Waals surface area contributed by atoms with Gasteiger partial charge >= 0.3 is 0 Å². The first kappa shape index (κ1) is 13.6. The van der Waals surface area contributed by atoms with E-state index in [1.54, 1.807) is 6.07 Å². The Bertz CT molecular complexity index is 309. The highest BCUT2D eigenvalue weighted by Crippen LogP contribution is 2.22. The first-order valence-electron chi connectivity index (χ1n) is 5.50. The largest absolute Gasteiger partial charge is 0.385 e. The van der Waals surface area contributed by atoms with Gasteiger partial charge in [0, 0.05) is 22.3 Å². The molecule has 1 atom stereocenters. The van der Waals surface area contributed by atoms with Crippen LogP contribution in [-0.2, 0) is 0 Å². The Balaban J connectivity index is 2.52. The minimum atomic E-state index is 0.614. The van der Waals surface area contributed by atoms with E-state index in [2.05, 4.69) is 17.6 Å². The van der Waals surface area contributed by atoms with Crippen LogP contribution >= 0.6 is 23.2 Å². The maximum atomic E-state index is 5.92. The summed E-state index contributed by atoms with van der Waals surface area (Å²) < 4.78 is 0. The Kier molecular flexibility index (Phi) is 5.96. The summed E-state index contributed by atoms with van der Waals surface area (Å²) in [6, 6.07) is 5.51. The van der Waals surface area contributed by atoms with Crippen LogP contribution in [-0.4, -0.2) is 20.1 Å². The molecule has 0 heterocycles. The fourth-order valence-electron chi connectivity index (χ4n) is 1.57. The number of rotatable bonds is 6. The molecule has 16 heavy (non-hydrogen) atoms. The van der Waals surface area contributed by atoms with E-state index in [0.29, 0.717) is 16.0 Å². The molecule has 0 saturated heterocycles. The molecule has 0 saturated carbocycles. The van der Waals surface area contributed by atoms with Gasteiger partial charge in [0.05, 0.1) is 0 Å². The molecule has 0 fully saturated rings. The Morgan fingerprint density at radius 3 is 2.25 bits per heavy atom. The highest BCUT2D eigenvalue weighted by atomic mass is 35.5. The number of hydrogen-bond donors (Lipinski definition) is 2. The monoisotopic (exact) mass is 260 g/mol. The van der Waals surface area contributed by atoms with Crippen molar-refractivity contribution in [2.75, 3.05) is 25.5 Å². The summed E-state index contributed by atoms with van der Waals surface area (Å²) in [7, 11) is 1.97. The summed E-state index contributed by atoms with van der Waals surface area (Å²) >= 11 is 11.8. The van der Waals surface area contributed by atoms with Crippen LogP contribution in [0.5, 0.6) is 0 Å². The van der Waals surface area contributed by atoms with Gasteiger partial charge in [0.25, 0.3) is 0 Å². The molecule has 0 amide bonds. The van der Waals surface area contributed by atoms with E-state index >= 15 is 0 Å². The molecule has 1 unspecified atom stereocenters. The molecular formula is C12H18Cl2N2. The predicted octanol–water partition coefficient (Wildman–Crippen LogP) is 3.65. The van der Waals surface area contributed by atoms with E-state index in [4.69, 9.17) is 23.2 Å². The molecule has 1 aromatic carbocycles. The van der Waals surface area contributed by atoms with Gasteiger partial charge < -0.3 is 10.6 Å². The second-order valence-corrected chi connectivity index (χ2v) is 4.74. The van der Waals surface area contributed by atoms with E-state index in [0.717, 1.165) is 25.2 Å². The van der Waals surface area contributed by atoms with Crippen LogP contribution in [0.25, 0.3) is 0 Å². The zero-order valence-electron chi connectivity index (χ0n) is 9.69. The third kappa shape index (κ3) is 4.60. The maximum Gasteiger partial charge on any atom is 0.0441 e. The van der Waals surface area contributed by atoms with Crippen molar-refractivity contribution in [1.82, 2.24) is 5.32 Å². The number of benzene rings is 1.